The predicted octanol–water partition coefficient (Wildman–Crippen LogP) is 1.21. The molecule has 1 aromatic carbocycles. The molecule has 4 N–H and O–H groups in total. The van der Waals surface area contributed by atoms with Gasteiger partial charge in [-0.2, -0.15) is 5.10 Å². The molecule has 16 heavy (non-hydrogen) atoms. The molecule has 6 heteroatoms. The molecule has 0 saturated carbocycles. The quantitative estimate of drug-likeness (QED) is 0.548. The van der Waals surface area contributed by atoms with E-state index in [0.717, 1.165) is 5.56 Å². The first-order valence-electron chi connectivity index (χ1n) is 4.77. The van der Waals surface area contributed by atoms with Crippen LogP contribution >= 0.6 is 11.8 Å². The average molecular weight is 236 g/mol. The van der Waals surface area contributed by atoms with Gasteiger partial charge in [-0.05, 0) is 17.7 Å². The summed E-state index contributed by atoms with van der Waals surface area (Å²) in [6.45, 7) is 0. The van der Waals surface area contributed by atoms with E-state index in [1.165, 1.54) is 18.1 Å². The first-order chi connectivity index (χ1) is 7.75. The van der Waals surface area contributed by atoms with Crippen LogP contribution in [-0.2, 0) is 0 Å². The molecule has 0 spiro atoms. The van der Waals surface area contributed by atoms with Gasteiger partial charge < -0.3 is 10.8 Å². The lowest BCUT2D eigenvalue weighted by Gasteiger charge is -2.09. The molecule has 1 aromatic heterocycles. The van der Waals surface area contributed by atoms with Gasteiger partial charge in [0.1, 0.15) is 6.33 Å². The molecule has 0 fully saturated rings. The number of anilines is 1. The van der Waals surface area contributed by atoms with Crippen molar-refractivity contribution in [2.75, 3.05) is 11.5 Å². The third kappa shape index (κ3) is 2.74. The summed E-state index contributed by atoms with van der Waals surface area (Å²) >= 11 is 1.42. The van der Waals surface area contributed by atoms with E-state index in [0.29, 0.717) is 16.6 Å². The molecule has 0 saturated heterocycles. The number of benzene rings is 1. The van der Waals surface area contributed by atoms with Crippen molar-refractivity contribution in [2.45, 2.75) is 11.3 Å². The molecule has 0 aliphatic carbocycles. The van der Waals surface area contributed by atoms with E-state index in [4.69, 9.17) is 5.73 Å². The van der Waals surface area contributed by atoms with Crippen LogP contribution in [0.4, 0.5) is 5.69 Å². The summed E-state index contributed by atoms with van der Waals surface area (Å²) in [5.74, 6) is 0.527. The van der Waals surface area contributed by atoms with Crippen molar-refractivity contribution in [3.8, 4) is 0 Å². The number of hydrogen-bond acceptors (Lipinski definition) is 5. The van der Waals surface area contributed by atoms with Gasteiger partial charge in [0.05, 0.1) is 6.10 Å². The molecule has 2 aromatic rings. The Morgan fingerprint density at radius 2 is 2.12 bits per heavy atom. The van der Waals surface area contributed by atoms with Gasteiger partial charge in [-0.3, -0.25) is 5.10 Å². The Labute approximate surface area is 97.1 Å². The maximum Gasteiger partial charge on any atom is 0.183 e. The lowest BCUT2D eigenvalue weighted by atomic mass is 10.1. The van der Waals surface area contributed by atoms with Crippen LogP contribution in [0.1, 0.15) is 11.7 Å². The molecular formula is C10H12N4OS. The number of aromatic amines is 1. The zero-order chi connectivity index (χ0) is 11.4. The Kier molecular flexibility index (Phi) is 3.43. The van der Waals surface area contributed by atoms with Crippen LogP contribution in [0.3, 0.4) is 0 Å². The maximum absolute atomic E-state index is 9.89. The Morgan fingerprint density at radius 3 is 2.75 bits per heavy atom. The molecule has 0 amide bonds. The Hall–Kier alpha value is -1.53. The Bertz CT molecular complexity index is 429. The second-order valence-corrected chi connectivity index (χ2v) is 4.29. The molecule has 0 bridgehead atoms. The first kappa shape index (κ1) is 11.0. The molecule has 1 atom stereocenters. The summed E-state index contributed by atoms with van der Waals surface area (Å²) in [7, 11) is 0. The topological polar surface area (TPSA) is 87.8 Å². The van der Waals surface area contributed by atoms with E-state index in [2.05, 4.69) is 15.2 Å². The fraction of sp³-hybridized carbons (Fsp3) is 0.200. The van der Waals surface area contributed by atoms with Crippen LogP contribution in [0.15, 0.2) is 35.7 Å². The number of nitrogen functional groups attached to an aromatic ring is 1. The van der Waals surface area contributed by atoms with Gasteiger partial charge in [0.15, 0.2) is 5.16 Å². The summed E-state index contributed by atoms with van der Waals surface area (Å²) in [6, 6.07) is 7.19. The number of aromatic nitrogens is 3. The lowest BCUT2D eigenvalue weighted by molar-refractivity contribution is 0.204. The number of aliphatic hydroxyl groups excluding tert-OH is 1. The normalized spacial score (nSPS) is 12.6. The number of thioether (sulfide) groups is 1. The number of hydrogen-bond donors (Lipinski definition) is 3. The fourth-order valence-corrected chi connectivity index (χ4v) is 1.98. The SMILES string of the molecule is Nc1ccc(C(O)CSc2ncn[nH]2)cc1. The van der Waals surface area contributed by atoms with Gasteiger partial charge in [0.25, 0.3) is 0 Å². The molecular weight excluding hydrogens is 224 g/mol. The number of nitrogens with one attached hydrogen (secondary N) is 1. The van der Waals surface area contributed by atoms with Gasteiger partial charge in [0.2, 0.25) is 0 Å². The van der Waals surface area contributed by atoms with Crippen molar-refractivity contribution >= 4 is 17.4 Å². The van der Waals surface area contributed by atoms with E-state index < -0.39 is 6.10 Å². The monoisotopic (exact) mass is 236 g/mol. The third-order valence-electron chi connectivity index (χ3n) is 2.09. The fourth-order valence-electron chi connectivity index (χ4n) is 1.24. The standard InChI is InChI=1S/C10H12N4OS/c11-8-3-1-7(2-4-8)9(15)5-16-10-12-6-13-14-10/h1-4,6,9,15H,5,11H2,(H,12,13,14). The van der Waals surface area contributed by atoms with Crippen LogP contribution in [0, 0.1) is 0 Å². The zero-order valence-electron chi connectivity index (χ0n) is 8.50. The highest BCUT2D eigenvalue weighted by atomic mass is 32.2. The minimum absolute atomic E-state index is 0.527. The molecule has 84 valence electrons. The molecule has 0 radical (unpaired) electrons. The summed E-state index contributed by atoms with van der Waals surface area (Å²) < 4.78 is 0. The number of nitrogens with two attached hydrogens (primary N) is 1. The van der Waals surface area contributed by atoms with Crippen LogP contribution < -0.4 is 5.73 Å². The zero-order valence-corrected chi connectivity index (χ0v) is 9.31. The van der Waals surface area contributed by atoms with Gasteiger partial charge in [-0.25, -0.2) is 4.98 Å². The summed E-state index contributed by atoms with van der Waals surface area (Å²) in [5, 5.41) is 17.0. The van der Waals surface area contributed by atoms with Crippen LogP contribution in [-0.4, -0.2) is 26.0 Å². The van der Waals surface area contributed by atoms with Gasteiger partial charge >= 0.3 is 0 Å². The van der Waals surface area contributed by atoms with Crippen LogP contribution in [0.2, 0.25) is 0 Å². The molecule has 1 heterocycles. The minimum atomic E-state index is -0.532. The number of nitrogens with zero attached hydrogens (tertiary/aromatic N) is 2. The molecule has 2 rings (SSSR count). The van der Waals surface area contributed by atoms with Crippen LogP contribution in [0.5, 0.6) is 0 Å². The van der Waals surface area contributed by atoms with Crippen molar-refractivity contribution in [1.82, 2.24) is 15.2 Å². The van der Waals surface area contributed by atoms with Crippen molar-refractivity contribution in [3.63, 3.8) is 0 Å². The first-order valence-corrected chi connectivity index (χ1v) is 5.76. The van der Waals surface area contributed by atoms with Crippen molar-refractivity contribution in [2.24, 2.45) is 0 Å². The predicted molar refractivity (Wildman–Crippen MR) is 62.9 cm³/mol. The highest BCUT2D eigenvalue weighted by molar-refractivity contribution is 7.99. The summed E-state index contributed by atoms with van der Waals surface area (Å²) in [6.07, 6.45) is 0.911. The Morgan fingerprint density at radius 1 is 1.38 bits per heavy atom. The number of H-pyrrole nitrogens is 1. The summed E-state index contributed by atoms with van der Waals surface area (Å²) in [5.41, 5.74) is 7.11. The minimum Gasteiger partial charge on any atom is -0.399 e. The second-order valence-electron chi connectivity index (χ2n) is 3.28. The molecule has 0 aliphatic rings. The third-order valence-corrected chi connectivity index (χ3v) is 3.04. The molecule has 0 aliphatic heterocycles. The largest absolute Gasteiger partial charge is 0.399 e. The smallest absolute Gasteiger partial charge is 0.183 e. The van der Waals surface area contributed by atoms with E-state index >= 15 is 0 Å². The van der Waals surface area contributed by atoms with Gasteiger partial charge in [-0.15, -0.1) is 0 Å². The second kappa shape index (κ2) is 5.00. The highest BCUT2D eigenvalue weighted by Crippen LogP contribution is 2.22. The molecule has 5 nitrogen and oxygen atoms in total. The molecule has 1 unspecified atom stereocenters. The van der Waals surface area contributed by atoms with Crippen molar-refractivity contribution < 1.29 is 5.11 Å². The van der Waals surface area contributed by atoms with Crippen LogP contribution in [0.25, 0.3) is 0 Å². The lowest BCUT2D eigenvalue weighted by Crippen LogP contribution is -2.01. The number of rotatable bonds is 4. The van der Waals surface area contributed by atoms with E-state index in [-0.39, 0.29) is 0 Å². The van der Waals surface area contributed by atoms with Gasteiger partial charge in [-0.1, -0.05) is 23.9 Å². The maximum atomic E-state index is 9.89. The van der Waals surface area contributed by atoms with Crippen molar-refractivity contribution in [1.29, 1.82) is 0 Å². The van der Waals surface area contributed by atoms with E-state index in [1.54, 1.807) is 12.1 Å². The highest BCUT2D eigenvalue weighted by Gasteiger charge is 2.08. The summed E-state index contributed by atoms with van der Waals surface area (Å²) in [4.78, 5) is 3.96. The van der Waals surface area contributed by atoms with E-state index in [9.17, 15) is 5.11 Å². The van der Waals surface area contributed by atoms with Gasteiger partial charge in [0, 0.05) is 11.4 Å². The van der Waals surface area contributed by atoms with E-state index in [1.807, 2.05) is 12.1 Å². The Balaban J connectivity index is 1.93. The number of aliphatic hydroxyl groups is 1. The van der Waals surface area contributed by atoms with Crippen molar-refractivity contribution in [3.05, 3.63) is 36.2 Å². The average Bonchev–Trinajstić information content (AvgIpc) is 2.80.